The number of hydrogen-bond donors (Lipinski definition) is 1. The molecular formula is C19H32N2. The molecule has 0 radical (unpaired) electrons. The maximum Gasteiger partial charge on any atom is 0.0331 e. The monoisotopic (exact) mass is 288 g/mol. The zero-order valence-corrected chi connectivity index (χ0v) is 13.7. The summed E-state index contributed by atoms with van der Waals surface area (Å²) in [6, 6.07) is 10.9. The average molecular weight is 288 g/mol. The lowest BCUT2D eigenvalue weighted by Gasteiger charge is -2.43. The quantitative estimate of drug-likeness (QED) is 0.769. The molecule has 2 heteroatoms. The summed E-state index contributed by atoms with van der Waals surface area (Å²) in [6.07, 6.45) is 10.4. The van der Waals surface area contributed by atoms with Crippen LogP contribution in [0.25, 0.3) is 0 Å². The molecule has 0 bridgehead atoms. The van der Waals surface area contributed by atoms with Crippen molar-refractivity contribution >= 4 is 0 Å². The Bertz CT molecular complexity index is 380. The van der Waals surface area contributed by atoms with Crippen LogP contribution >= 0.6 is 0 Å². The van der Waals surface area contributed by atoms with Crippen molar-refractivity contribution < 1.29 is 0 Å². The number of nitrogens with two attached hydrogens (primary N) is 1. The van der Waals surface area contributed by atoms with E-state index in [1.54, 1.807) is 0 Å². The molecule has 0 unspecified atom stereocenters. The van der Waals surface area contributed by atoms with Crippen molar-refractivity contribution in [3.63, 3.8) is 0 Å². The minimum Gasteiger partial charge on any atom is -0.329 e. The van der Waals surface area contributed by atoms with Gasteiger partial charge in [-0.25, -0.2) is 0 Å². The van der Waals surface area contributed by atoms with Gasteiger partial charge in [-0.3, -0.25) is 4.90 Å². The molecule has 1 aromatic rings. The summed E-state index contributed by atoms with van der Waals surface area (Å²) in [5.41, 5.74) is 7.98. The van der Waals surface area contributed by atoms with Gasteiger partial charge in [-0.1, -0.05) is 62.9 Å². The van der Waals surface area contributed by atoms with Crippen LogP contribution in [0.5, 0.6) is 0 Å². The van der Waals surface area contributed by atoms with Crippen molar-refractivity contribution in [2.45, 2.75) is 63.8 Å². The molecule has 1 aromatic carbocycles. The van der Waals surface area contributed by atoms with E-state index < -0.39 is 0 Å². The van der Waals surface area contributed by atoms with Gasteiger partial charge < -0.3 is 5.73 Å². The smallest absolute Gasteiger partial charge is 0.0331 e. The molecule has 2 rings (SSSR count). The lowest BCUT2D eigenvalue weighted by atomic mass is 9.87. The molecule has 0 spiro atoms. The fourth-order valence-corrected chi connectivity index (χ4v) is 3.80. The molecule has 2 N–H and O–H groups in total. The molecular weight excluding hydrogens is 256 g/mol. The van der Waals surface area contributed by atoms with Gasteiger partial charge in [0, 0.05) is 18.6 Å². The summed E-state index contributed by atoms with van der Waals surface area (Å²) in [6.45, 7) is 5.44. The Hall–Kier alpha value is -0.860. The number of rotatable bonds is 7. The predicted molar refractivity (Wildman–Crippen MR) is 91.5 cm³/mol. The molecule has 0 atom stereocenters. The minimum absolute atomic E-state index is 0.265. The topological polar surface area (TPSA) is 29.3 Å². The molecule has 0 aliphatic heterocycles. The molecule has 0 amide bonds. The zero-order valence-electron chi connectivity index (χ0n) is 13.7. The van der Waals surface area contributed by atoms with Crippen molar-refractivity contribution in [1.82, 2.24) is 4.90 Å². The summed E-state index contributed by atoms with van der Waals surface area (Å²) in [4.78, 5) is 2.71. The molecule has 21 heavy (non-hydrogen) atoms. The Morgan fingerprint density at radius 1 is 1.00 bits per heavy atom. The fraction of sp³-hybridized carbons (Fsp3) is 0.684. The molecule has 1 saturated carbocycles. The first-order chi connectivity index (χ1) is 10.3. The van der Waals surface area contributed by atoms with Gasteiger partial charge in [-0.05, 0) is 37.8 Å². The van der Waals surface area contributed by atoms with E-state index in [-0.39, 0.29) is 5.54 Å². The zero-order chi connectivity index (χ0) is 15.0. The average Bonchev–Trinajstić information content (AvgIpc) is 2.79. The Morgan fingerprint density at radius 2 is 1.67 bits per heavy atom. The van der Waals surface area contributed by atoms with Crippen LogP contribution in [0.3, 0.4) is 0 Å². The number of nitrogens with zero attached hydrogens (tertiary/aromatic N) is 1. The van der Waals surface area contributed by atoms with Gasteiger partial charge in [0.05, 0.1) is 0 Å². The van der Waals surface area contributed by atoms with Crippen LogP contribution in [0.1, 0.15) is 57.4 Å². The highest BCUT2D eigenvalue weighted by atomic mass is 15.2. The van der Waals surface area contributed by atoms with Gasteiger partial charge in [-0.15, -0.1) is 0 Å². The predicted octanol–water partition coefficient (Wildman–Crippen LogP) is 3.99. The third-order valence-corrected chi connectivity index (χ3v) is 5.09. The van der Waals surface area contributed by atoms with Crippen LogP contribution < -0.4 is 5.73 Å². The second-order valence-corrected chi connectivity index (χ2v) is 6.57. The molecule has 1 aliphatic rings. The molecule has 0 heterocycles. The van der Waals surface area contributed by atoms with E-state index in [0.717, 1.165) is 19.5 Å². The third kappa shape index (κ3) is 4.55. The maximum atomic E-state index is 6.27. The van der Waals surface area contributed by atoms with Crippen molar-refractivity contribution in [1.29, 1.82) is 0 Å². The van der Waals surface area contributed by atoms with Crippen molar-refractivity contribution in [2.75, 3.05) is 19.6 Å². The highest BCUT2D eigenvalue weighted by molar-refractivity contribution is 5.15. The molecule has 2 nitrogen and oxygen atoms in total. The van der Waals surface area contributed by atoms with Crippen LogP contribution in [0.4, 0.5) is 0 Å². The molecule has 0 saturated heterocycles. The third-order valence-electron chi connectivity index (χ3n) is 5.09. The van der Waals surface area contributed by atoms with E-state index >= 15 is 0 Å². The standard InChI is InChI=1S/C19H32N2/c1-2-15-21(16-12-18-10-6-5-7-11-18)19(17-20)13-8-3-4-9-14-19/h5-7,10-11H,2-4,8-9,12-17,20H2,1H3. The van der Waals surface area contributed by atoms with Crippen LogP contribution in [0.15, 0.2) is 30.3 Å². The van der Waals surface area contributed by atoms with Gasteiger partial charge >= 0.3 is 0 Å². The lowest BCUT2D eigenvalue weighted by molar-refractivity contribution is 0.0787. The summed E-state index contributed by atoms with van der Waals surface area (Å²) in [7, 11) is 0. The molecule has 118 valence electrons. The van der Waals surface area contributed by atoms with Gasteiger partial charge in [0.1, 0.15) is 0 Å². The van der Waals surface area contributed by atoms with Crippen molar-refractivity contribution in [2.24, 2.45) is 5.73 Å². The number of benzene rings is 1. The largest absolute Gasteiger partial charge is 0.329 e. The first-order valence-electron chi connectivity index (χ1n) is 8.80. The highest BCUT2D eigenvalue weighted by Gasteiger charge is 2.34. The van der Waals surface area contributed by atoms with Gasteiger partial charge in [0.15, 0.2) is 0 Å². The molecule has 1 fully saturated rings. The van der Waals surface area contributed by atoms with Gasteiger partial charge in [0.2, 0.25) is 0 Å². The molecule has 0 aromatic heterocycles. The van der Waals surface area contributed by atoms with Gasteiger partial charge in [-0.2, -0.15) is 0 Å². The van der Waals surface area contributed by atoms with E-state index in [1.165, 1.54) is 57.1 Å². The summed E-state index contributed by atoms with van der Waals surface area (Å²) in [5.74, 6) is 0. The summed E-state index contributed by atoms with van der Waals surface area (Å²) < 4.78 is 0. The van der Waals surface area contributed by atoms with E-state index in [2.05, 4.69) is 42.2 Å². The second-order valence-electron chi connectivity index (χ2n) is 6.57. The van der Waals surface area contributed by atoms with E-state index in [1.807, 2.05) is 0 Å². The minimum atomic E-state index is 0.265. The number of hydrogen-bond acceptors (Lipinski definition) is 2. The second kappa shape index (κ2) is 8.55. The Kier molecular flexibility index (Phi) is 6.72. The van der Waals surface area contributed by atoms with E-state index in [4.69, 9.17) is 5.73 Å². The van der Waals surface area contributed by atoms with Crippen LogP contribution in [-0.4, -0.2) is 30.1 Å². The lowest BCUT2D eigenvalue weighted by Crippen LogP contribution is -2.54. The van der Waals surface area contributed by atoms with Crippen LogP contribution in [0, 0.1) is 0 Å². The van der Waals surface area contributed by atoms with Crippen LogP contribution in [0.2, 0.25) is 0 Å². The first-order valence-corrected chi connectivity index (χ1v) is 8.80. The fourth-order valence-electron chi connectivity index (χ4n) is 3.80. The first kappa shape index (κ1) is 16.5. The summed E-state index contributed by atoms with van der Waals surface area (Å²) >= 11 is 0. The van der Waals surface area contributed by atoms with Crippen molar-refractivity contribution in [3.05, 3.63) is 35.9 Å². The Morgan fingerprint density at radius 3 is 2.24 bits per heavy atom. The Balaban J connectivity index is 2.04. The SMILES string of the molecule is CCCN(CCc1ccccc1)C1(CN)CCCCCC1. The summed E-state index contributed by atoms with van der Waals surface area (Å²) in [5, 5.41) is 0. The van der Waals surface area contributed by atoms with Crippen LogP contribution in [-0.2, 0) is 6.42 Å². The highest BCUT2D eigenvalue weighted by Crippen LogP contribution is 2.32. The van der Waals surface area contributed by atoms with E-state index in [0.29, 0.717) is 0 Å². The molecule has 1 aliphatic carbocycles. The van der Waals surface area contributed by atoms with Crippen molar-refractivity contribution in [3.8, 4) is 0 Å². The van der Waals surface area contributed by atoms with Gasteiger partial charge in [0.25, 0.3) is 0 Å². The maximum absolute atomic E-state index is 6.27. The van der Waals surface area contributed by atoms with E-state index in [9.17, 15) is 0 Å². The Labute approximate surface area is 130 Å². The normalized spacial score (nSPS) is 18.6.